The fourth-order valence-electron chi connectivity index (χ4n) is 3.90. The lowest BCUT2D eigenvalue weighted by atomic mass is 9.88. The Kier molecular flexibility index (Phi) is 4.98. The molecule has 1 saturated heterocycles. The first kappa shape index (κ1) is 14.4. The van der Waals surface area contributed by atoms with Gasteiger partial charge in [0.15, 0.2) is 0 Å². The van der Waals surface area contributed by atoms with E-state index in [4.69, 9.17) is 0 Å². The maximum absolute atomic E-state index is 12.2. The monoisotopic (exact) mass is 278 g/mol. The third-order valence-corrected chi connectivity index (χ3v) is 5.36. The highest BCUT2D eigenvalue weighted by Gasteiger charge is 2.28. The summed E-state index contributed by atoms with van der Waals surface area (Å²) in [5.74, 6) is 2.33. The minimum atomic E-state index is 0.315. The molecule has 3 rings (SSSR count). The Morgan fingerprint density at radius 1 is 0.950 bits per heavy atom. The second-order valence-corrected chi connectivity index (χ2v) is 7.29. The molecule has 2 aliphatic carbocycles. The zero-order valence-electron chi connectivity index (χ0n) is 12.8. The first-order valence-electron chi connectivity index (χ1n) is 8.81. The molecule has 3 aliphatic rings. The summed E-state index contributed by atoms with van der Waals surface area (Å²) in [5.41, 5.74) is 0. The smallest absolute Gasteiger partial charge is 0.223 e. The van der Waals surface area contributed by atoms with Gasteiger partial charge in [0.2, 0.25) is 5.91 Å². The van der Waals surface area contributed by atoms with Crippen molar-refractivity contribution in [1.29, 1.82) is 0 Å². The van der Waals surface area contributed by atoms with Gasteiger partial charge in [-0.3, -0.25) is 4.79 Å². The van der Waals surface area contributed by atoms with E-state index in [-0.39, 0.29) is 0 Å². The second kappa shape index (κ2) is 6.93. The summed E-state index contributed by atoms with van der Waals surface area (Å²) in [7, 11) is 0. The highest BCUT2D eigenvalue weighted by atomic mass is 16.1. The highest BCUT2D eigenvalue weighted by molar-refractivity contribution is 5.78. The Balaban J connectivity index is 1.37. The maximum Gasteiger partial charge on any atom is 0.223 e. The predicted octanol–water partition coefficient (Wildman–Crippen LogP) is 2.80. The van der Waals surface area contributed by atoms with Gasteiger partial charge in [0.05, 0.1) is 0 Å². The van der Waals surface area contributed by atoms with Gasteiger partial charge in [-0.1, -0.05) is 19.3 Å². The molecule has 0 unspecified atom stereocenters. The Hall–Kier alpha value is -0.570. The van der Waals surface area contributed by atoms with Crippen LogP contribution in [0.4, 0.5) is 0 Å². The zero-order valence-corrected chi connectivity index (χ0v) is 12.8. The number of carbonyl (C=O) groups excluding carboxylic acids is 1. The molecule has 0 spiro atoms. The van der Waals surface area contributed by atoms with Crippen molar-refractivity contribution in [3.05, 3.63) is 0 Å². The van der Waals surface area contributed by atoms with E-state index in [1.807, 2.05) is 0 Å². The van der Waals surface area contributed by atoms with Crippen molar-refractivity contribution in [2.45, 2.75) is 57.8 Å². The number of piperidine rings is 1. The standard InChI is InChI=1S/C17H30N2O/c20-17(16-6-2-1-3-7-16)18-11-15-5-4-10-19(13-15)12-14-8-9-14/h14-16H,1-13H2,(H,18,20)/t15-/m0/s1. The summed E-state index contributed by atoms with van der Waals surface area (Å²) < 4.78 is 0. The van der Waals surface area contributed by atoms with Crippen molar-refractivity contribution < 1.29 is 4.79 Å². The number of nitrogens with zero attached hydrogens (tertiary/aromatic N) is 1. The minimum absolute atomic E-state index is 0.315. The van der Waals surface area contributed by atoms with Crippen molar-refractivity contribution in [3.8, 4) is 0 Å². The molecule has 0 aromatic carbocycles. The van der Waals surface area contributed by atoms with Gasteiger partial charge in [-0.05, 0) is 56.9 Å². The summed E-state index contributed by atoms with van der Waals surface area (Å²) in [6, 6.07) is 0. The lowest BCUT2D eigenvalue weighted by molar-refractivity contribution is -0.126. The van der Waals surface area contributed by atoms with Crippen LogP contribution in [0.1, 0.15) is 57.8 Å². The molecule has 1 aliphatic heterocycles. The van der Waals surface area contributed by atoms with Crippen LogP contribution in [-0.4, -0.2) is 37.0 Å². The first-order chi connectivity index (χ1) is 9.81. The van der Waals surface area contributed by atoms with E-state index >= 15 is 0 Å². The highest BCUT2D eigenvalue weighted by Crippen LogP contribution is 2.31. The maximum atomic E-state index is 12.2. The van der Waals surface area contributed by atoms with Gasteiger partial charge in [0.25, 0.3) is 0 Å². The van der Waals surface area contributed by atoms with Gasteiger partial charge in [-0.25, -0.2) is 0 Å². The predicted molar refractivity (Wildman–Crippen MR) is 81.5 cm³/mol. The molecule has 0 bridgehead atoms. The van der Waals surface area contributed by atoms with E-state index < -0.39 is 0 Å². The molecule has 3 nitrogen and oxygen atoms in total. The number of hydrogen-bond donors (Lipinski definition) is 1. The fourth-order valence-corrected chi connectivity index (χ4v) is 3.90. The Morgan fingerprint density at radius 2 is 1.75 bits per heavy atom. The molecule has 2 saturated carbocycles. The average Bonchev–Trinajstić information content (AvgIpc) is 3.30. The van der Waals surface area contributed by atoms with Gasteiger partial charge in [-0.15, -0.1) is 0 Å². The largest absolute Gasteiger partial charge is 0.356 e. The van der Waals surface area contributed by atoms with Gasteiger partial charge in [0, 0.05) is 25.6 Å². The Labute approximate surface area is 123 Å². The Morgan fingerprint density at radius 3 is 2.50 bits per heavy atom. The molecule has 1 heterocycles. The summed E-state index contributed by atoms with van der Waals surface area (Å²) >= 11 is 0. The lowest BCUT2D eigenvalue weighted by Crippen LogP contribution is -2.43. The van der Waals surface area contributed by atoms with Crippen LogP contribution in [0.3, 0.4) is 0 Å². The van der Waals surface area contributed by atoms with E-state index in [0.29, 0.717) is 17.7 Å². The molecular weight excluding hydrogens is 248 g/mol. The minimum Gasteiger partial charge on any atom is -0.356 e. The Bertz CT molecular complexity index is 321. The SMILES string of the molecule is O=C(NC[C@@H]1CCCN(CC2CC2)C1)C1CCCCC1. The number of amides is 1. The van der Waals surface area contributed by atoms with E-state index in [9.17, 15) is 4.79 Å². The van der Waals surface area contributed by atoms with Crippen LogP contribution < -0.4 is 5.32 Å². The molecule has 1 amide bonds. The molecular formula is C17H30N2O. The number of carbonyl (C=O) groups is 1. The average molecular weight is 278 g/mol. The molecule has 114 valence electrons. The van der Waals surface area contributed by atoms with E-state index in [0.717, 1.165) is 25.3 Å². The molecule has 0 aromatic heterocycles. The quantitative estimate of drug-likeness (QED) is 0.838. The summed E-state index contributed by atoms with van der Waals surface area (Å²) in [6.45, 7) is 4.72. The fraction of sp³-hybridized carbons (Fsp3) is 0.941. The molecule has 0 radical (unpaired) electrons. The van der Waals surface area contributed by atoms with Gasteiger partial charge >= 0.3 is 0 Å². The van der Waals surface area contributed by atoms with Crippen molar-refractivity contribution in [2.75, 3.05) is 26.2 Å². The third kappa shape index (κ3) is 4.21. The van der Waals surface area contributed by atoms with Crippen molar-refractivity contribution in [1.82, 2.24) is 10.2 Å². The van der Waals surface area contributed by atoms with Crippen LogP contribution in [0, 0.1) is 17.8 Å². The van der Waals surface area contributed by atoms with Gasteiger partial charge < -0.3 is 10.2 Å². The van der Waals surface area contributed by atoms with Crippen molar-refractivity contribution in [2.24, 2.45) is 17.8 Å². The number of likely N-dealkylation sites (tertiary alicyclic amines) is 1. The van der Waals surface area contributed by atoms with Crippen LogP contribution in [0.15, 0.2) is 0 Å². The summed E-state index contributed by atoms with van der Waals surface area (Å²) in [4.78, 5) is 14.8. The van der Waals surface area contributed by atoms with Crippen LogP contribution in [0.5, 0.6) is 0 Å². The molecule has 0 aromatic rings. The van der Waals surface area contributed by atoms with Crippen LogP contribution in [0.2, 0.25) is 0 Å². The topological polar surface area (TPSA) is 32.3 Å². The molecule has 20 heavy (non-hydrogen) atoms. The normalized spacial score (nSPS) is 29.3. The van der Waals surface area contributed by atoms with Gasteiger partial charge in [0.1, 0.15) is 0 Å². The molecule has 1 atom stereocenters. The molecule has 1 N–H and O–H groups in total. The second-order valence-electron chi connectivity index (χ2n) is 7.29. The summed E-state index contributed by atoms with van der Waals surface area (Å²) in [5, 5.41) is 3.25. The van der Waals surface area contributed by atoms with Gasteiger partial charge in [-0.2, -0.15) is 0 Å². The number of rotatable bonds is 5. The first-order valence-corrected chi connectivity index (χ1v) is 8.81. The number of nitrogens with one attached hydrogen (secondary N) is 1. The van der Waals surface area contributed by atoms with Crippen LogP contribution >= 0.6 is 0 Å². The van der Waals surface area contributed by atoms with E-state index in [2.05, 4.69) is 10.2 Å². The van der Waals surface area contributed by atoms with Crippen LogP contribution in [-0.2, 0) is 4.79 Å². The zero-order chi connectivity index (χ0) is 13.8. The van der Waals surface area contributed by atoms with E-state index in [1.54, 1.807) is 0 Å². The number of hydrogen-bond acceptors (Lipinski definition) is 2. The third-order valence-electron chi connectivity index (χ3n) is 5.36. The van der Waals surface area contributed by atoms with E-state index in [1.165, 1.54) is 64.6 Å². The van der Waals surface area contributed by atoms with Crippen molar-refractivity contribution >= 4 is 5.91 Å². The lowest BCUT2D eigenvalue weighted by Gasteiger charge is -2.33. The molecule has 3 fully saturated rings. The van der Waals surface area contributed by atoms with Crippen LogP contribution in [0.25, 0.3) is 0 Å². The summed E-state index contributed by atoms with van der Waals surface area (Å²) in [6.07, 6.45) is 11.5. The van der Waals surface area contributed by atoms with Crippen molar-refractivity contribution in [3.63, 3.8) is 0 Å². The molecule has 3 heteroatoms.